The third-order valence-corrected chi connectivity index (χ3v) is 3.99. The summed E-state index contributed by atoms with van der Waals surface area (Å²) in [7, 11) is 0. The molecule has 0 aliphatic carbocycles. The predicted molar refractivity (Wildman–Crippen MR) is 100 cm³/mol. The van der Waals surface area contributed by atoms with Gasteiger partial charge in [-0.15, -0.1) is 0 Å². The third-order valence-electron chi connectivity index (χ3n) is 3.99. The first-order chi connectivity index (χ1) is 12.6. The number of hydrogen-bond donors (Lipinski definition) is 3. The summed E-state index contributed by atoms with van der Waals surface area (Å²) in [5.41, 5.74) is 2.34. The van der Waals surface area contributed by atoms with Crippen molar-refractivity contribution in [2.45, 2.75) is 25.9 Å². The van der Waals surface area contributed by atoms with Crippen molar-refractivity contribution in [1.29, 1.82) is 0 Å². The zero-order valence-electron chi connectivity index (χ0n) is 14.6. The maximum absolute atomic E-state index is 12.4. The molecular weight excluding hydrogens is 332 g/mol. The molecule has 2 amide bonds. The van der Waals surface area contributed by atoms with E-state index in [2.05, 4.69) is 20.9 Å². The van der Waals surface area contributed by atoms with Crippen molar-refractivity contribution < 1.29 is 14.3 Å². The summed E-state index contributed by atoms with van der Waals surface area (Å²) >= 11 is 0. The lowest BCUT2D eigenvalue weighted by Crippen LogP contribution is -2.19. The van der Waals surface area contributed by atoms with Gasteiger partial charge in [-0.3, -0.25) is 14.6 Å². The first kappa shape index (κ1) is 17.9. The Balaban J connectivity index is 1.62. The summed E-state index contributed by atoms with van der Waals surface area (Å²) in [6.07, 6.45) is 3.96. The quantitative estimate of drug-likeness (QED) is 0.742. The second-order valence-corrected chi connectivity index (χ2v) is 6.16. The molecule has 1 aliphatic heterocycles. The average Bonchev–Trinajstić information content (AvgIpc) is 3.13. The molecule has 1 unspecified atom stereocenters. The van der Waals surface area contributed by atoms with Crippen LogP contribution in [0.5, 0.6) is 0 Å². The predicted octanol–water partition coefficient (Wildman–Crippen LogP) is 2.88. The van der Waals surface area contributed by atoms with Crippen molar-refractivity contribution in [1.82, 2.24) is 4.98 Å². The number of nitrogens with one attached hydrogen (secondary N) is 3. The van der Waals surface area contributed by atoms with E-state index in [-0.39, 0.29) is 17.9 Å². The van der Waals surface area contributed by atoms with Gasteiger partial charge < -0.3 is 20.7 Å². The zero-order valence-corrected chi connectivity index (χ0v) is 14.6. The van der Waals surface area contributed by atoms with Crippen LogP contribution in [0, 0.1) is 0 Å². The first-order valence-corrected chi connectivity index (χ1v) is 8.61. The molecule has 136 valence electrons. The van der Waals surface area contributed by atoms with E-state index in [9.17, 15) is 9.59 Å². The fourth-order valence-corrected chi connectivity index (χ4v) is 2.77. The number of ether oxygens (including phenoxy) is 1. The van der Waals surface area contributed by atoms with Crippen LogP contribution >= 0.6 is 0 Å². The van der Waals surface area contributed by atoms with Crippen LogP contribution in [0.1, 0.15) is 30.3 Å². The van der Waals surface area contributed by atoms with Crippen LogP contribution in [0.15, 0.2) is 42.6 Å². The monoisotopic (exact) mass is 354 g/mol. The van der Waals surface area contributed by atoms with Crippen LogP contribution in [0.4, 0.5) is 17.1 Å². The molecule has 26 heavy (non-hydrogen) atoms. The van der Waals surface area contributed by atoms with Crippen LogP contribution in [0.25, 0.3) is 0 Å². The molecule has 3 rings (SSSR count). The number of pyridine rings is 1. The smallest absolute Gasteiger partial charge is 0.274 e. The Kier molecular flexibility index (Phi) is 5.80. The minimum atomic E-state index is -0.314. The standard InChI is InChI=1S/C19H22N4O3/c1-13(24)22-15-4-2-5-16(10-15)23-19(25)18-11-14(7-8-20-18)21-12-17-6-3-9-26-17/h2,4-5,7-8,10-11,17H,3,6,9,12H2,1H3,(H,20,21)(H,22,24)(H,23,25). The van der Waals surface area contributed by atoms with E-state index in [4.69, 9.17) is 4.74 Å². The highest BCUT2D eigenvalue weighted by molar-refractivity contribution is 6.03. The number of aromatic nitrogens is 1. The Morgan fingerprint density at radius 2 is 1.96 bits per heavy atom. The Morgan fingerprint density at radius 3 is 2.69 bits per heavy atom. The molecule has 2 heterocycles. The molecule has 1 aromatic carbocycles. The molecule has 1 fully saturated rings. The van der Waals surface area contributed by atoms with Gasteiger partial charge in [-0.25, -0.2) is 0 Å². The van der Waals surface area contributed by atoms with E-state index >= 15 is 0 Å². The van der Waals surface area contributed by atoms with Gasteiger partial charge in [-0.05, 0) is 43.2 Å². The normalized spacial score (nSPS) is 16.1. The zero-order chi connectivity index (χ0) is 18.4. The lowest BCUT2D eigenvalue weighted by molar-refractivity contribution is -0.114. The summed E-state index contributed by atoms with van der Waals surface area (Å²) in [6, 6.07) is 10.5. The van der Waals surface area contributed by atoms with Crippen LogP contribution in [-0.4, -0.2) is 36.1 Å². The maximum Gasteiger partial charge on any atom is 0.274 e. The minimum absolute atomic E-state index is 0.167. The van der Waals surface area contributed by atoms with E-state index in [1.807, 2.05) is 6.07 Å². The summed E-state index contributed by atoms with van der Waals surface area (Å²) in [5, 5.41) is 8.76. The molecule has 0 bridgehead atoms. The molecule has 1 aromatic heterocycles. The molecule has 1 atom stereocenters. The van der Waals surface area contributed by atoms with Gasteiger partial charge in [0.15, 0.2) is 0 Å². The van der Waals surface area contributed by atoms with Crippen molar-refractivity contribution in [3.05, 3.63) is 48.3 Å². The number of anilines is 3. The molecular formula is C19H22N4O3. The number of amides is 2. The van der Waals surface area contributed by atoms with Crippen molar-refractivity contribution in [2.75, 3.05) is 29.1 Å². The average molecular weight is 354 g/mol. The second kappa shape index (κ2) is 8.44. The number of hydrogen-bond acceptors (Lipinski definition) is 5. The molecule has 0 spiro atoms. The SMILES string of the molecule is CC(=O)Nc1cccc(NC(=O)c2cc(NCC3CCCO3)ccn2)c1. The molecule has 3 N–H and O–H groups in total. The van der Waals surface area contributed by atoms with E-state index in [0.29, 0.717) is 23.6 Å². The molecule has 0 saturated carbocycles. The molecule has 1 saturated heterocycles. The number of rotatable bonds is 6. The van der Waals surface area contributed by atoms with Gasteiger partial charge in [0.05, 0.1) is 6.10 Å². The number of benzene rings is 1. The Labute approximate surface area is 152 Å². The topological polar surface area (TPSA) is 92.4 Å². The van der Waals surface area contributed by atoms with E-state index in [1.54, 1.807) is 36.5 Å². The minimum Gasteiger partial charge on any atom is -0.382 e. The Morgan fingerprint density at radius 1 is 1.15 bits per heavy atom. The molecule has 7 heteroatoms. The van der Waals surface area contributed by atoms with Crippen LogP contribution in [0.3, 0.4) is 0 Å². The van der Waals surface area contributed by atoms with Crippen LogP contribution < -0.4 is 16.0 Å². The van der Waals surface area contributed by atoms with Crippen molar-refractivity contribution >= 4 is 28.9 Å². The van der Waals surface area contributed by atoms with E-state index in [0.717, 1.165) is 25.1 Å². The third kappa shape index (κ3) is 5.03. The number of carbonyl (C=O) groups excluding carboxylic acids is 2. The first-order valence-electron chi connectivity index (χ1n) is 8.61. The van der Waals surface area contributed by atoms with E-state index in [1.165, 1.54) is 6.92 Å². The number of nitrogens with zero attached hydrogens (tertiary/aromatic N) is 1. The number of carbonyl (C=O) groups is 2. The van der Waals surface area contributed by atoms with Crippen molar-refractivity contribution in [3.8, 4) is 0 Å². The summed E-state index contributed by atoms with van der Waals surface area (Å²) in [6.45, 7) is 2.96. The lowest BCUT2D eigenvalue weighted by atomic mass is 10.2. The fraction of sp³-hybridized carbons (Fsp3) is 0.316. The van der Waals surface area contributed by atoms with Gasteiger partial charge in [0, 0.05) is 43.3 Å². The van der Waals surface area contributed by atoms with Crippen molar-refractivity contribution in [2.24, 2.45) is 0 Å². The van der Waals surface area contributed by atoms with E-state index < -0.39 is 0 Å². The fourth-order valence-electron chi connectivity index (χ4n) is 2.77. The lowest BCUT2D eigenvalue weighted by Gasteiger charge is -2.12. The Bertz CT molecular complexity index is 788. The van der Waals surface area contributed by atoms with Crippen LogP contribution in [0.2, 0.25) is 0 Å². The molecule has 7 nitrogen and oxygen atoms in total. The summed E-state index contributed by atoms with van der Waals surface area (Å²) < 4.78 is 5.58. The van der Waals surface area contributed by atoms with Gasteiger partial charge in [0.25, 0.3) is 5.91 Å². The largest absolute Gasteiger partial charge is 0.382 e. The highest BCUT2D eigenvalue weighted by Gasteiger charge is 2.15. The van der Waals surface area contributed by atoms with Gasteiger partial charge in [0.1, 0.15) is 5.69 Å². The van der Waals surface area contributed by atoms with Gasteiger partial charge in [-0.1, -0.05) is 6.07 Å². The maximum atomic E-state index is 12.4. The Hall–Kier alpha value is -2.93. The van der Waals surface area contributed by atoms with Gasteiger partial charge >= 0.3 is 0 Å². The van der Waals surface area contributed by atoms with Crippen LogP contribution in [-0.2, 0) is 9.53 Å². The highest BCUT2D eigenvalue weighted by atomic mass is 16.5. The molecule has 0 radical (unpaired) electrons. The molecule has 2 aromatic rings. The van der Waals surface area contributed by atoms with Gasteiger partial charge in [-0.2, -0.15) is 0 Å². The highest BCUT2D eigenvalue weighted by Crippen LogP contribution is 2.17. The summed E-state index contributed by atoms with van der Waals surface area (Å²) in [5.74, 6) is -0.481. The second-order valence-electron chi connectivity index (χ2n) is 6.16. The molecule has 1 aliphatic rings. The summed E-state index contributed by atoms with van der Waals surface area (Å²) in [4.78, 5) is 27.7. The van der Waals surface area contributed by atoms with Gasteiger partial charge in [0.2, 0.25) is 5.91 Å². The van der Waals surface area contributed by atoms with Crippen molar-refractivity contribution in [3.63, 3.8) is 0 Å².